The van der Waals surface area contributed by atoms with Gasteiger partial charge in [0.25, 0.3) is 0 Å². The molecule has 0 saturated heterocycles. The Bertz CT molecular complexity index is 729. The van der Waals surface area contributed by atoms with Crippen molar-refractivity contribution in [2.75, 3.05) is 5.32 Å². The van der Waals surface area contributed by atoms with E-state index in [9.17, 15) is 4.79 Å². The van der Waals surface area contributed by atoms with Crippen molar-refractivity contribution >= 4 is 22.6 Å². The maximum absolute atomic E-state index is 11.9. The molecule has 0 aliphatic rings. The number of hydrogen-bond acceptors (Lipinski definition) is 2. The van der Waals surface area contributed by atoms with Gasteiger partial charge in [-0.05, 0) is 18.2 Å². The van der Waals surface area contributed by atoms with Gasteiger partial charge in [0.15, 0.2) is 0 Å². The van der Waals surface area contributed by atoms with Crippen molar-refractivity contribution in [3.05, 3.63) is 54.6 Å². The lowest BCUT2D eigenvalue weighted by atomic mass is 10.2. The predicted octanol–water partition coefficient (Wildman–Crippen LogP) is 3.09. The number of carbonyl (C=O) groups excluding carboxylic acids is 1. The van der Waals surface area contributed by atoms with Crippen LogP contribution in [0, 0.1) is 0 Å². The second-order valence-corrected chi connectivity index (χ2v) is 4.56. The minimum atomic E-state index is -0.252. The summed E-state index contributed by atoms with van der Waals surface area (Å²) in [6.45, 7) is 0.365. The molecule has 3 aromatic rings. The zero-order chi connectivity index (χ0) is 13.9. The van der Waals surface area contributed by atoms with Gasteiger partial charge >= 0.3 is 6.03 Å². The lowest BCUT2D eigenvalue weighted by Crippen LogP contribution is -2.27. The van der Waals surface area contributed by atoms with E-state index in [-0.39, 0.29) is 6.03 Å². The fourth-order valence-electron chi connectivity index (χ4n) is 2.19. The van der Waals surface area contributed by atoms with E-state index in [0.29, 0.717) is 6.54 Å². The van der Waals surface area contributed by atoms with Crippen molar-refractivity contribution in [3.63, 3.8) is 0 Å². The maximum atomic E-state index is 11.9. The number of amides is 2. The number of rotatable bonds is 3. The highest BCUT2D eigenvalue weighted by molar-refractivity contribution is 6.01. The van der Waals surface area contributed by atoms with Crippen molar-refractivity contribution in [2.45, 2.75) is 6.54 Å². The number of para-hydroxylation sites is 1. The van der Waals surface area contributed by atoms with Crippen LogP contribution in [-0.4, -0.2) is 10.6 Å². The van der Waals surface area contributed by atoms with Gasteiger partial charge in [-0.3, -0.25) is 0 Å². The Morgan fingerprint density at radius 3 is 2.90 bits per heavy atom. The van der Waals surface area contributed by atoms with E-state index in [1.54, 1.807) is 12.3 Å². The number of hydrogen-bond donors (Lipinski definition) is 2. The summed E-state index contributed by atoms with van der Waals surface area (Å²) in [6.07, 6.45) is 3.48. The monoisotopic (exact) mass is 269 g/mol. The van der Waals surface area contributed by atoms with Gasteiger partial charge in [-0.25, -0.2) is 4.79 Å². The lowest BCUT2D eigenvalue weighted by molar-refractivity contribution is 0.251. The highest BCUT2D eigenvalue weighted by Gasteiger charge is 2.09. The first-order valence-corrected chi connectivity index (χ1v) is 6.35. The smallest absolute Gasteiger partial charge is 0.319 e. The molecule has 0 atom stereocenters. The number of fused-ring (bicyclic) bond motifs is 1. The molecule has 2 heterocycles. The van der Waals surface area contributed by atoms with Gasteiger partial charge in [0.2, 0.25) is 0 Å². The van der Waals surface area contributed by atoms with E-state index in [1.807, 2.05) is 48.1 Å². The Hall–Kier alpha value is -2.69. The molecule has 20 heavy (non-hydrogen) atoms. The topological polar surface area (TPSA) is 59.2 Å². The summed E-state index contributed by atoms with van der Waals surface area (Å²) in [4.78, 5) is 11.9. The molecule has 3 rings (SSSR count). The van der Waals surface area contributed by atoms with Gasteiger partial charge in [-0.2, -0.15) is 0 Å². The third-order valence-corrected chi connectivity index (χ3v) is 3.15. The van der Waals surface area contributed by atoms with Crippen LogP contribution >= 0.6 is 0 Å². The fourth-order valence-corrected chi connectivity index (χ4v) is 2.19. The largest absolute Gasteiger partial charge is 0.467 e. The molecule has 0 aliphatic heterocycles. The first-order valence-electron chi connectivity index (χ1n) is 6.35. The minimum absolute atomic E-state index is 0.252. The van der Waals surface area contributed by atoms with E-state index in [1.165, 1.54) is 0 Å². The van der Waals surface area contributed by atoms with Crippen LogP contribution in [0.3, 0.4) is 0 Å². The van der Waals surface area contributed by atoms with Crippen LogP contribution in [-0.2, 0) is 13.6 Å². The quantitative estimate of drug-likeness (QED) is 0.767. The van der Waals surface area contributed by atoms with Crippen LogP contribution in [0.1, 0.15) is 5.76 Å². The summed E-state index contributed by atoms with van der Waals surface area (Å²) < 4.78 is 7.15. The van der Waals surface area contributed by atoms with Gasteiger partial charge in [-0.1, -0.05) is 18.2 Å². The number of aryl methyl sites for hydroxylation is 1. The van der Waals surface area contributed by atoms with Crippen LogP contribution in [0.15, 0.2) is 53.3 Å². The summed E-state index contributed by atoms with van der Waals surface area (Å²) in [7, 11) is 1.95. The lowest BCUT2D eigenvalue weighted by Gasteiger charge is -2.05. The highest BCUT2D eigenvalue weighted by atomic mass is 16.3. The molecule has 0 aliphatic carbocycles. The Kier molecular flexibility index (Phi) is 3.16. The van der Waals surface area contributed by atoms with Gasteiger partial charge in [0, 0.05) is 24.1 Å². The first kappa shape index (κ1) is 12.3. The van der Waals surface area contributed by atoms with E-state index in [2.05, 4.69) is 10.6 Å². The number of nitrogens with one attached hydrogen (secondary N) is 2. The molecule has 5 heteroatoms. The van der Waals surface area contributed by atoms with Crippen molar-refractivity contribution in [3.8, 4) is 0 Å². The third kappa shape index (κ3) is 2.38. The Morgan fingerprint density at radius 1 is 1.25 bits per heavy atom. The van der Waals surface area contributed by atoms with Gasteiger partial charge in [0.1, 0.15) is 5.76 Å². The molecule has 0 fully saturated rings. The molecule has 2 N–H and O–H groups in total. The van der Waals surface area contributed by atoms with Crippen molar-refractivity contribution < 1.29 is 9.21 Å². The third-order valence-electron chi connectivity index (χ3n) is 3.15. The number of furan rings is 1. The van der Waals surface area contributed by atoms with Crippen molar-refractivity contribution in [1.29, 1.82) is 0 Å². The molecule has 102 valence electrons. The number of anilines is 1. The van der Waals surface area contributed by atoms with E-state index >= 15 is 0 Å². The maximum Gasteiger partial charge on any atom is 0.319 e. The second kappa shape index (κ2) is 5.13. The molecule has 2 amide bonds. The van der Waals surface area contributed by atoms with Gasteiger partial charge in [0.05, 0.1) is 18.5 Å². The normalized spacial score (nSPS) is 10.7. The standard InChI is InChI=1S/C15H15N3O2/c1-18-10-13(12-6-2-3-7-14(12)18)17-15(19)16-9-11-5-4-8-20-11/h2-8,10H,9H2,1H3,(H2,16,17,19). The fraction of sp³-hybridized carbons (Fsp3) is 0.133. The molecule has 0 bridgehead atoms. The summed E-state index contributed by atoms with van der Waals surface area (Å²) in [6, 6.07) is 11.3. The first-order chi connectivity index (χ1) is 9.74. The minimum Gasteiger partial charge on any atom is -0.467 e. The number of benzene rings is 1. The Balaban J connectivity index is 1.71. The van der Waals surface area contributed by atoms with E-state index in [4.69, 9.17) is 4.42 Å². The molecule has 2 aromatic heterocycles. The molecular weight excluding hydrogens is 254 g/mol. The Morgan fingerprint density at radius 2 is 2.10 bits per heavy atom. The Labute approximate surface area is 116 Å². The molecule has 5 nitrogen and oxygen atoms in total. The van der Waals surface area contributed by atoms with Crippen LogP contribution in [0.5, 0.6) is 0 Å². The average molecular weight is 269 g/mol. The zero-order valence-corrected chi connectivity index (χ0v) is 11.1. The molecular formula is C15H15N3O2. The number of aromatic nitrogens is 1. The van der Waals surface area contributed by atoms with Gasteiger partial charge < -0.3 is 19.6 Å². The van der Waals surface area contributed by atoms with E-state index < -0.39 is 0 Å². The molecule has 0 unspecified atom stereocenters. The molecule has 1 aromatic carbocycles. The number of nitrogens with zero attached hydrogens (tertiary/aromatic N) is 1. The van der Waals surface area contributed by atoms with E-state index in [0.717, 1.165) is 22.4 Å². The summed E-state index contributed by atoms with van der Waals surface area (Å²) in [5, 5.41) is 6.63. The number of urea groups is 1. The molecule has 0 spiro atoms. The number of carbonyl (C=O) groups is 1. The van der Waals surface area contributed by atoms with Crippen LogP contribution in [0.25, 0.3) is 10.9 Å². The summed E-state index contributed by atoms with van der Waals surface area (Å²) in [5.41, 5.74) is 1.87. The zero-order valence-electron chi connectivity index (χ0n) is 11.1. The van der Waals surface area contributed by atoms with Gasteiger partial charge in [-0.15, -0.1) is 0 Å². The SMILES string of the molecule is Cn1cc(NC(=O)NCc2ccco2)c2ccccc21. The van der Waals surface area contributed by atoms with Crippen LogP contribution in [0.2, 0.25) is 0 Å². The summed E-state index contributed by atoms with van der Waals surface area (Å²) in [5.74, 6) is 0.720. The predicted molar refractivity (Wildman–Crippen MR) is 77.5 cm³/mol. The average Bonchev–Trinajstić information content (AvgIpc) is 3.07. The van der Waals surface area contributed by atoms with Crippen LogP contribution in [0.4, 0.5) is 10.5 Å². The van der Waals surface area contributed by atoms with Crippen LogP contribution < -0.4 is 10.6 Å². The highest BCUT2D eigenvalue weighted by Crippen LogP contribution is 2.24. The molecule has 0 saturated carbocycles. The van der Waals surface area contributed by atoms with Crippen molar-refractivity contribution in [1.82, 2.24) is 9.88 Å². The van der Waals surface area contributed by atoms with Crippen molar-refractivity contribution in [2.24, 2.45) is 7.05 Å². The second-order valence-electron chi connectivity index (χ2n) is 4.56. The summed E-state index contributed by atoms with van der Waals surface area (Å²) >= 11 is 0. The molecule has 0 radical (unpaired) electrons.